The first-order chi connectivity index (χ1) is 8.04. The molecule has 0 bridgehead atoms. The number of nitrogens with two attached hydrogens (primary N) is 1. The minimum atomic E-state index is -0.927. The summed E-state index contributed by atoms with van der Waals surface area (Å²) in [5.74, 6) is 0.0949. The fourth-order valence-corrected chi connectivity index (χ4v) is 1.93. The van der Waals surface area contributed by atoms with Crippen molar-refractivity contribution in [2.45, 2.75) is 51.6 Å². The molecule has 0 aromatic heterocycles. The number of aliphatic imine (C=N–C) groups is 1. The lowest BCUT2D eigenvalue weighted by Crippen LogP contribution is -2.28. The zero-order valence-electron chi connectivity index (χ0n) is 10.6. The van der Waals surface area contributed by atoms with Crippen LogP contribution in [0.3, 0.4) is 0 Å². The van der Waals surface area contributed by atoms with Gasteiger partial charge in [-0.15, -0.1) is 0 Å². The third-order valence-electron chi connectivity index (χ3n) is 3.16. The van der Waals surface area contributed by atoms with Crippen molar-refractivity contribution in [1.29, 1.82) is 0 Å². The maximum absolute atomic E-state index is 10.7. The summed E-state index contributed by atoms with van der Waals surface area (Å²) in [6, 6.07) is -0.598. The lowest BCUT2D eigenvalue weighted by Gasteiger charge is -2.18. The lowest BCUT2D eigenvalue weighted by atomic mass is 9.94. The van der Waals surface area contributed by atoms with Gasteiger partial charge in [-0.25, -0.2) is 9.79 Å². The van der Waals surface area contributed by atoms with Crippen LogP contribution in [0.15, 0.2) is 4.99 Å². The van der Waals surface area contributed by atoms with Crippen LogP contribution in [0.2, 0.25) is 0 Å². The van der Waals surface area contributed by atoms with Gasteiger partial charge in [0.05, 0.1) is 0 Å². The smallest absolute Gasteiger partial charge is 0.332 e. The second-order valence-electron chi connectivity index (χ2n) is 4.66. The predicted octanol–water partition coefficient (Wildman–Crippen LogP) is 1.41. The van der Waals surface area contributed by atoms with Crippen LogP contribution in [0.25, 0.3) is 0 Å². The number of carboxylic acids is 1. The van der Waals surface area contributed by atoms with Crippen LogP contribution in [0.5, 0.6) is 0 Å². The molecule has 3 atom stereocenters. The third kappa shape index (κ3) is 4.34. The minimum Gasteiger partial charge on any atom is -0.480 e. The first kappa shape index (κ1) is 14.0. The molecule has 17 heavy (non-hydrogen) atoms. The van der Waals surface area contributed by atoms with E-state index in [1.165, 1.54) is 0 Å². The van der Waals surface area contributed by atoms with Gasteiger partial charge in [0.25, 0.3) is 0 Å². The number of carbonyl (C=O) groups is 1. The summed E-state index contributed by atoms with van der Waals surface area (Å²) in [7, 11) is 0. The summed E-state index contributed by atoms with van der Waals surface area (Å²) in [4.78, 5) is 14.7. The molecule has 0 saturated carbocycles. The molecule has 0 aromatic carbocycles. The van der Waals surface area contributed by atoms with Crippen LogP contribution in [-0.2, 0) is 9.53 Å². The fraction of sp³-hybridized carbons (Fsp3) is 0.833. The fourth-order valence-electron chi connectivity index (χ4n) is 1.93. The zero-order valence-corrected chi connectivity index (χ0v) is 10.6. The predicted molar refractivity (Wildman–Crippen MR) is 66.1 cm³/mol. The Bertz CT molecular complexity index is 291. The molecule has 0 saturated heterocycles. The van der Waals surface area contributed by atoms with E-state index in [-0.39, 0.29) is 12.6 Å². The second-order valence-corrected chi connectivity index (χ2v) is 4.66. The number of hydrogen-bond donors (Lipinski definition) is 2. The molecule has 98 valence electrons. The van der Waals surface area contributed by atoms with E-state index in [1.807, 2.05) is 0 Å². The summed E-state index contributed by atoms with van der Waals surface area (Å²) >= 11 is 0. The van der Waals surface area contributed by atoms with Gasteiger partial charge in [0.15, 0.2) is 11.9 Å². The summed E-state index contributed by atoms with van der Waals surface area (Å²) < 4.78 is 5.23. The van der Waals surface area contributed by atoms with Crippen molar-refractivity contribution in [3.05, 3.63) is 0 Å². The molecule has 3 N–H and O–H groups in total. The van der Waals surface area contributed by atoms with E-state index >= 15 is 0 Å². The normalized spacial score (nSPS) is 22.8. The van der Waals surface area contributed by atoms with E-state index in [4.69, 9.17) is 15.6 Å². The highest BCUT2D eigenvalue weighted by Gasteiger charge is 2.25. The second kappa shape index (κ2) is 6.59. The average molecular weight is 242 g/mol. The summed E-state index contributed by atoms with van der Waals surface area (Å²) in [5.41, 5.74) is 6.05. The van der Waals surface area contributed by atoms with Crippen LogP contribution in [0.1, 0.15) is 39.5 Å². The third-order valence-corrected chi connectivity index (χ3v) is 3.16. The molecule has 0 amide bonds. The topological polar surface area (TPSA) is 84.9 Å². The van der Waals surface area contributed by atoms with Gasteiger partial charge in [-0.2, -0.15) is 0 Å². The Balaban J connectivity index is 2.31. The number of aliphatic carboxylic acids is 1. The highest BCUT2D eigenvalue weighted by Crippen LogP contribution is 2.15. The van der Waals surface area contributed by atoms with Crippen molar-refractivity contribution in [1.82, 2.24) is 0 Å². The molecule has 1 rings (SSSR count). The Morgan fingerprint density at radius 3 is 2.88 bits per heavy atom. The standard InChI is InChI=1S/C12H22N2O3/c1-3-4-8(2)9(13)5-6-11-14-10(7-17-11)12(15)16/h8-10H,3-7,13H2,1-2H3,(H,15,16). The number of rotatable bonds is 7. The lowest BCUT2D eigenvalue weighted by molar-refractivity contribution is -0.138. The van der Waals surface area contributed by atoms with Crippen LogP contribution in [0.4, 0.5) is 0 Å². The van der Waals surface area contributed by atoms with E-state index in [2.05, 4.69) is 18.8 Å². The van der Waals surface area contributed by atoms with Crippen molar-refractivity contribution in [2.75, 3.05) is 6.61 Å². The quantitative estimate of drug-likeness (QED) is 0.707. The van der Waals surface area contributed by atoms with Crippen molar-refractivity contribution in [2.24, 2.45) is 16.6 Å². The van der Waals surface area contributed by atoms with E-state index in [0.29, 0.717) is 18.2 Å². The van der Waals surface area contributed by atoms with Gasteiger partial charge in [-0.05, 0) is 18.8 Å². The van der Waals surface area contributed by atoms with Gasteiger partial charge >= 0.3 is 5.97 Å². The first-order valence-corrected chi connectivity index (χ1v) is 6.22. The van der Waals surface area contributed by atoms with Crippen molar-refractivity contribution in [3.63, 3.8) is 0 Å². The van der Waals surface area contributed by atoms with Gasteiger partial charge < -0.3 is 15.6 Å². The Hall–Kier alpha value is -1.10. The molecule has 0 fully saturated rings. The number of ether oxygens (including phenoxy) is 1. The highest BCUT2D eigenvalue weighted by molar-refractivity contribution is 5.84. The number of nitrogens with zero attached hydrogens (tertiary/aromatic N) is 1. The van der Waals surface area contributed by atoms with Crippen LogP contribution < -0.4 is 5.73 Å². The Labute approximate surface area is 102 Å². The number of carboxylic acid groups (broad SMARTS) is 1. The van der Waals surface area contributed by atoms with Crippen LogP contribution >= 0.6 is 0 Å². The average Bonchev–Trinajstić information content (AvgIpc) is 2.75. The van der Waals surface area contributed by atoms with Crippen molar-refractivity contribution in [3.8, 4) is 0 Å². The molecule has 0 spiro atoms. The molecule has 3 unspecified atom stereocenters. The van der Waals surface area contributed by atoms with E-state index in [0.717, 1.165) is 19.3 Å². The molecule has 1 aliphatic rings. The largest absolute Gasteiger partial charge is 0.480 e. The van der Waals surface area contributed by atoms with Crippen LogP contribution in [-0.4, -0.2) is 35.7 Å². The van der Waals surface area contributed by atoms with Crippen molar-refractivity contribution < 1.29 is 14.6 Å². The van der Waals surface area contributed by atoms with Gasteiger partial charge in [-0.3, -0.25) is 0 Å². The molecule has 1 heterocycles. The molecular formula is C12H22N2O3. The monoisotopic (exact) mass is 242 g/mol. The van der Waals surface area contributed by atoms with Gasteiger partial charge in [0.1, 0.15) is 6.61 Å². The van der Waals surface area contributed by atoms with E-state index in [1.54, 1.807) is 0 Å². The molecule has 1 aliphatic heterocycles. The molecule has 5 nitrogen and oxygen atoms in total. The molecule has 5 heteroatoms. The Kier molecular flexibility index (Phi) is 5.41. The molecular weight excluding hydrogens is 220 g/mol. The summed E-state index contributed by atoms with van der Waals surface area (Å²) in [6.07, 6.45) is 3.69. The molecule has 0 aromatic rings. The molecule has 0 aliphatic carbocycles. The summed E-state index contributed by atoms with van der Waals surface area (Å²) in [6.45, 7) is 4.45. The molecule has 0 radical (unpaired) electrons. The van der Waals surface area contributed by atoms with E-state index < -0.39 is 12.0 Å². The number of hydrogen-bond acceptors (Lipinski definition) is 4. The summed E-state index contributed by atoms with van der Waals surface area (Å²) in [5, 5.41) is 8.75. The van der Waals surface area contributed by atoms with Gasteiger partial charge in [0.2, 0.25) is 0 Å². The minimum absolute atomic E-state index is 0.130. The highest BCUT2D eigenvalue weighted by atomic mass is 16.5. The van der Waals surface area contributed by atoms with E-state index in [9.17, 15) is 4.79 Å². The first-order valence-electron chi connectivity index (χ1n) is 6.22. The Morgan fingerprint density at radius 1 is 1.65 bits per heavy atom. The van der Waals surface area contributed by atoms with Crippen molar-refractivity contribution >= 4 is 11.9 Å². The maximum Gasteiger partial charge on any atom is 0.332 e. The maximum atomic E-state index is 10.7. The van der Waals surface area contributed by atoms with Crippen LogP contribution in [0, 0.1) is 5.92 Å². The van der Waals surface area contributed by atoms with Gasteiger partial charge in [0, 0.05) is 12.5 Å². The zero-order chi connectivity index (χ0) is 12.8. The van der Waals surface area contributed by atoms with Gasteiger partial charge in [-0.1, -0.05) is 20.3 Å². The SMILES string of the molecule is CCCC(C)C(N)CCC1=NC(C(=O)O)CO1. The Morgan fingerprint density at radius 2 is 2.35 bits per heavy atom.